The third-order valence-electron chi connectivity index (χ3n) is 1.48. The van der Waals surface area contributed by atoms with Gasteiger partial charge in [-0.15, -0.1) is 0 Å². The molecular weight excluding hydrogens is 225 g/mol. The quantitative estimate of drug-likeness (QED) is 0.343. The highest BCUT2D eigenvalue weighted by atomic mass is 127. The molecule has 0 amide bonds. The molecule has 0 aliphatic carbocycles. The first kappa shape index (κ1) is 7.25. The van der Waals surface area contributed by atoms with Crippen molar-refractivity contribution >= 4 is 26.3 Å². The third-order valence-corrected chi connectivity index (χ3v) is 2.84. The maximum atomic E-state index is 2.41. The summed E-state index contributed by atoms with van der Waals surface area (Å²) in [7, 11) is 2.14. The van der Waals surface area contributed by atoms with E-state index in [1.807, 2.05) is 0 Å². The van der Waals surface area contributed by atoms with E-state index in [2.05, 4.69) is 46.4 Å². The van der Waals surface area contributed by atoms with E-state index in [1.54, 1.807) is 0 Å². The summed E-state index contributed by atoms with van der Waals surface area (Å²) < 4.78 is 3.75. The van der Waals surface area contributed by atoms with Crippen molar-refractivity contribution in [3.63, 3.8) is 0 Å². The summed E-state index contributed by atoms with van der Waals surface area (Å²) in [6.45, 7) is 1.08. The van der Waals surface area contributed by atoms with Crippen LogP contribution in [-0.4, -0.2) is 21.9 Å². The molecule has 9 heavy (non-hydrogen) atoms. The van der Waals surface area contributed by atoms with Crippen LogP contribution >= 0.6 is 22.6 Å². The Balaban J connectivity index is 2.67. The molecule has 1 rings (SSSR count). The van der Waals surface area contributed by atoms with Gasteiger partial charge in [0.1, 0.15) is 7.05 Å². The second-order valence-electron chi connectivity index (χ2n) is 2.27. The Morgan fingerprint density at radius 3 is 3.11 bits per heavy atom. The minimum atomic E-state index is 1.08. The van der Waals surface area contributed by atoms with E-state index < -0.39 is 0 Å². The molecular formula is C7H11IN+. The van der Waals surface area contributed by atoms with Crippen molar-refractivity contribution in [2.24, 2.45) is 0 Å². The zero-order valence-corrected chi connectivity index (χ0v) is 7.76. The van der Waals surface area contributed by atoms with E-state index in [0.29, 0.717) is 0 Å². The summed E-state index contributed by atoms with van der Waals surface area (Å²) in [6.07, 6.45) is 6.91. The SMILES string of the molecule is C[N+]1=C(I)CCC=CC1. The molecule has 0 atom stereocenters. The molecule has 0 radical (unpaired) electrons. The van der Waals surface area contributed by atoms with Crippen molar-refractivity contribution in [1.29, 1.82) is 0 Å². The number of allylic oxidation sites excluding steroid dienone is 1. The number of halogens is 1. The highest BCUT2D eigenvalue weighted by molar-refractivity contribution is 14.1. The molecule has 1 aliphatic rings. The van der Waals surface area contributed by atoms with Crippen molar-refractivity contribution in [3.05, 3.63) is 12.2 Å². The highest BCUT2D eigenvalue weighted by Gasteiger charge is 2.05. The van der Waals surface area contributed by atoms with Crippen LogP contribution in [0.2, 0.25) is 0 Å². The van der Waals surface area contributed by atoms with E-state index in [-0.39, 0.29) is 0 Å². The zero-order valence-electron chi connectivity index (χ0n) is 5.60. The van der Waals surface area contributed by atoms with Crippen molar-refractivity contribution < 1.29 is 4.58 Å². The lowest BCUT2D eigenvalue weighted by atomic mass is 10.3. The van der Waals surface area contributed by atoms with Gasteiger partial charge in [-0.05, 0) is 12.5 Å². The molecule has 0 aromatic rings. The number of nitrogens with zero attached hydrogens (tertiary/aromatic N) is 1. The molecule has 2 heteroatoms. The van der Waals surface area contributed by atoms with Gasteiger partial charge in [-0.2, -0.15) is 0 Å². The summed E-state index contributed by atoms with van der Waals surface area (Å²) in [4.78, 5) is 0. The summed E-state index contributed by atoms with van der Waals surface area (Å²) in [5, 5.41) is 0. The number of hydrogen-bond donors (Lipinski definition) is 0. The normalized spacial score (nSPS) is 20.2. The van der Waals surface area contributed by atoms with Gasteiger partial charge in [-0.3, -0.25) is 0 Å². The van der Waals surface area contributed by atoms with E-state index in [4.69, 9.17) is 0 Å². The first-order valence-corrected chi connectivity index (χ1v) is 4.26. The van der Waals surface area contributed by atoms with Crippen molar-refractivity contribution in [3.8, 4) is 0 Å². The first-order chi connectivity index (χ1) is 4.30. The van der Waals surface area contributed by atoms with Crippen LogP contribution in [0.1, 0.15) is 12.8 Å². The Labute approximate surface area is 69.6 Å². The largest absolute Gasteiger partial charge is 0.227 e. The van der Waals surface area contributed by atoms with Gasteiger partial charge in [0, 0.05) is 29.0 Å². The molecule has 0 saturated carbocycles. The molecule has 1 nitrogen and oxygen atoms in total. The van der Waals surface area contributed by atoms with Crippen molar-refractivity contribution in [2.75, 3.05) is 13.6 Å². The summed E-state index contributed by atoms with van der Waals surface area (Å²) in [5.41, 5.74) is 0. The molecule has 0 spiro atoms. The number of likely N-dealkylation sites (N-methyl/N-ethyl adjacent to an activating group) is 1. The molecule has 0 saturated heterocycles. The summed E-state index contributed by atoms with van der Waals surface area (Å²) >= 11 is 2.41. The van der Waals surface area contributed by atoms with Gasteiger partial charge in [-0.25, -0.2) is 4.58 Å². The van der Waals surface area contributed by atoms with Crippen LogP contribution in [0, 0.1) is 0 Å². The zero-order chi connectivity index (χ0) is 6.69. The van der Waals surface area contributed by atoms with Gasteiger partial charge in [0.25, 0.3) is 0 Å². The Bertz CT molecular complexity index is 158. The average molecular weight is 236 g/mol. The molecule has 0 fully saturated rings. The summed E-state index contributed by atoms with van der Waals surface area (Å²) in [6, 6.07) is 0. The predicted octanol–water partition coefficient (Wildman–Crippen LogP) is 1.81. The molecule has 1 aliphatic heterocycles. The second-order valence-corrected chi connectivity index (χ2v) is 3.51. The topological polar surface area (TPSA) is 3.01 Å². The van der Waals surface area contributed by atoms with Gasteiger partial charge in [0.15, 0.2) is 6.54 Å². The van der Waals surface area contributed by atoms with Crippen LogP contribution in [0.3, 0.4) is 0 Å². The van der Waals surface area contributed by atoms with Crippen LogP contribution in [-0.2, 0) is 0 Å². The molecule has 0 bridgehead atoms. The average Bonchev–Trinajstić information content (AvgIpc) is 1.99. The fourth-order valence-electron chi connectivity index (χ4n) is 0.843. The Hall–Kier alpha value is 0.140. The van der Waals surface area contributed by atoms with Crippen LogP contribution in [0.25, 0.3) is 0 Å². The Morgan fingerprint density at radius 2 is 2.33 bits per heavy atom. The Morgan fingerprint density at radius 1 is 1.56 bits per heavy atom. The van der Waals surface area contributed by atoms with Gasteiger partial charge in [0.05, 0.1) is 0 Å². The standard InChI is InChI=1S/C7H11IN/c1-9-6-4-2-3-5-7(9)8/h2,4H,3,5-6H2,1H3/q+1. The van der Waals surface area contributed by atoms with Crippen LogP contribution in [0.4, 0.5) is 0 Å². The van der Waals surface area contributed by atoms with E-state index in [1.165, 1.54) is 16.6 Å². The van der Waals surface area contributed by atoms with E-state index >= 15 is 0 Å². The second kappa shape index (κ2) is 3.34. The fraction of sp³-hybridized carbons (Fsp3) is 0.571. The predicted molar refractivity (Wildman–Crippen MR) is 48.5 cm³/mol. The van der Waals surface area contributed by atoms with Gasteiger partial charge < -0.3 is 0 Å². The van der Waals surface area contributed by atoms with Gasteiger partial charge in [0.2, 0.25) is 3.72 Å². The Kier molecular flexibility index (Phi) is 2.69. The van der Waals surface area contributed by atoms with Gasteiger partial charge in [-0.1, -0.05) is 6.08 Å². The monoisotopic (exact) mass is 236 g/mol. The lowest BCUT2D eigenvalue weighted by molar-refractivity contribution is -0.483. The molecule has 1 heterocycles. The minimum Gasteiger partial charge on any atom is -0.227 e. The fourth-order valence-corrected chi connectivity index (χ4v) is 1.35. The van der Waals surface area contributed by atoms with Crippen LogP contribution in [0.15, 0.2) is 12.2 Å². The highest BCUT2D eigenvalue weighted by Crippen LogP contribution is 2.04. The molecule has 0 aromatic carbocycles. The van der Waals surface area contributed by atoms with Gasteiger partial charge >= 0.3 is 0 Å². The first-order valence-electron chi connectivity index (χ1n) is 3.18. The van der Waals surface area contributed by atoms with Crippen molar-refractivity contribution in [1.82, 2.24) is 0 Å². The van der Waals surface area contributed by atoms with E-state index in [9.17, 15) is 0 Å². The van der Waals surface area contributed by atoms with Crippen molar-refractivity contribution in [2.45, 2.75) is 12.8 Å². The molecule has 0 unspecified atom stereocenters. The molecule has 50 valence electrons. The van der Waals surface area contributed by atoms with Crippen LogP contribution in [0.5, 0.6) is 0 Å². The third kappa shape index (κ3) is 2.08. The maximum absolute atomic E-state index is 2.41. The lowest BCUT2D eigenvalue weighted by Crippen LogP contribution is -2.10. The number of hydrogen-bond acceptors (Lipinski definition) is 0. The minimum absolute atomic E-state index is 1.08. The number of rotatable bonds is 0. The smallest absolute Gasteiger partial charge is 0.212 e. The molecule has 0 N–H and O–H groups in total. The maximum Gasteiger partial charge on any atom is 0.212 e. The van der Waals surface area contributed by atoms with E-state index in [0.717, 1.165) is 6.54 Å². The molecule has 0 aromatic heterocycles. The summed E-state index contributed by atoms with van der Waals surface area (Å²) in [5.74, 6) is 0. The lowest BCUT2D eigenvalue weighted by Gasteiger charge is -1.91. The van der Waals surface area contributed by atoms with Crippen LogP contribution < -0.4 is 0 Å².